The van der Waals surface area contributed by atoms with Crippen LogP contribution in [-0.4, -0.2) is 32.4 Å². The molecule has 2 N–H and O–H groups in total. The number of carbonyl (C=O) groups excluding carboxylic acids is 1. The average molecular weight is 389 g/mol. The summed E-state index contributed by atoms with van der Waals surface area (Å²) in [6, 6.07) is 14.4. The molecule has 2 aromatic carbocycles. The fraction of sp³-hybridized carbons (Fsp3) is 0.273. The van der Waals surface area contributed by atoms with E-state index in [9.17, 15) is 9.59 Å². The first-order valence-corrected chi connectivity index (χ1v) is 9.73. The van der Waals surface area contributed by atoms with Crippen LogP contribution in [-0.2, 0) is 11.2 Å². The largest absolute Gasteiger partial charge is 0.361 e. The number of fused-ring (bicyclic) bond motifs is 2. The molecule has 2 aromatic heterocycles. The maximum absolute atomic E-state index is 12.9. The van der Waals surface area contributed by atoms with Crippen molar-refractivity contribution in [3.63, 3.8) is 0 Å². The van der Waals surface area contributed by atoms with Crippen molar-refractivity contribution in [1.29, 1.82) is 0 Å². The molecule has 0 unspecified atom stereocenters. The van der Waals surface area contributed by atoms with E-state index >= 15 is 0 Å². The normalized spacial score (nSPS) is 12.5. The lowest BCUT2D eigenvalue weighted by molar-refractivity contribution is -0.126. The summed E-state index contributed by atoms with van der Waals surface area (Å²) in [5, 5.41) is 12.7. The summed E-state index contributed by atoms with van der Waals surface area (Å²) in [5.41, 5.74) is 2.44. The van der Waals surface area contributed by atoms with Gasteiger partial charge in [-0.15, -0.1) is 5.10 Å². The molecular weight excluding hydrogens is 366 g/mol. The molecule has 2 heterocycles. The lowest BCUT2D eigenvalue weighted by Gasteiger charge is -2.21. The number of rotatable bonds is 6. The Morgan fingerprint density at radius 1 is 1.10 bits per heavy atom. The van der Waals surface area contributed by atoms with Crippen molar-refractivity contribution >= 4 is 27.7 Å². The molecular formula is C22H23N5O2. The average Bonchev–Trinajstić information content (AvgIpc) is 3.13. The van der Waals surface area contributed by atoms with Crippen LogP contribution in [0.5, 0.6) is 0 Å². The third kappa shape index (κ3) is 3.63. The zero-order valence-electron chi connectivity index (χ0n) is 16.4. The maximum atomic E-state index is 12.9. The number of H-pyrrole nitrogens is 1. The van der Waals surface area contributed by atoms with Gasteiger partial charge >= 0.3 is 0 Å². The summed E-state index contributed by atoms with van der Waals surface area (Å²) in [7, 11) is 0. The maximum Gasteiger partial charge on any atom is 0.278 e. The van der Waals surface area contributed by atoms with Crippen LogP contribution in [0.4, 0.5) is 0 Å². The third-order valence-electron chi connectivity index (χ3n) is 5.12. The smallest absolute Gasteiger partial charge is 0.278 e. The van der Waals surface area contributed by atoms with E-state index in [0.29, 0.717) is 23.9 Å². The summed E-state index contributed by atoms with van der Waals surface area (Å²) >= 11 is 0. The standard InChI is InChI=1S/C22H23N5O2/c1-14(2)20(27-22(29)17-8-4-6-10-19(17)25-26-27)21(28)23-12-11-15-13-24-18-9-5-3-7-16(15)18/h3-10,13-14,20,24H,11-12H2,1-2H3,(H,23,28)/t20-/m1/s1. The molecule has 0 saturated heterocycles. The van der Waals surface area contributed by atoms with E-state index in [-0.39, 0.29) is 17.4 Å². The highest BCUT2D eigenvalue weighted by Gasteiger charge is 2.27. The first-order chi connectivity index (χ1) is 14.1. The van der Waals surface area contributed by atoms with E-state index in [1.807, 2.05) is 38.2 Å². The molecule has 148 valence electrons. The Morgan fingerprint density at radius 2 is 1.83 bits per heavy atom. The van der Waals surface area contributed by atoms with Crippen LogP contribution < -0.4 is 10.9 Å². The zero-order valence-corrected chi connectivity index (χ0v) is 16.4. The molecule has 1 amide bonds. The minimum atomic E-state index is -0.720. The van der Waals surface area contributed by atoms with Crippen LogP contribution in [0.1, 0.15) is 25.5 Å². The van der Waals surface area contributed by atoms with Gasteiger partial charge in [0.25, 0.3) is 5.56 Å². The molecule has 7 heteroatoms. The lowest BCUT2D eigenvalue weighted by atomic mass is 10.0. The van der Waals surface area contributed by atoms with Gasteiger partial charge in [-0.05, 0) is 36.1 Å². The van der Waals surface area contributed by atoms with Crippen molar-refractivity contribution in [2.75, 3.05) is 6.54 Å². The predicted molar refractivity (Wildman–Crippen MR) is 113 cm³/mol. The number of nitrogens with one attached hydrogen (secondary N) is 2. The molecule has 7 nitrogen and oxygen atoms in total. The second-order valence-electron chi connectivity index (χ2n) is 7.45. The molecule has 1 atom stereocenters. The Labute approximate surface area is 167 Å². The predicted octanol–water partition coefficient (Wildman–Crippen LogP) is 2.83. The van der Waals surface area contributed by atoms with E-state index in [1.54, 1.807) is 24.3 Å². The highest BCUT2D eigenvalue weighted by atomic mass is 16.2. The Morgan fingerprint density at radius 3 is 2.62 bits per heavy atom. The van der Waals surface area contributed by atoms with Gasteiger partial charge in [0, 0.05) is 23.6 Å². The van der Waals surface area contributed by atoms with Crippen molar-refractivity contribution < 1.29 is 4.79 Å². The summed E-state index contributed by atoms with van der Waals surface area (Å²) in [4.78, 5) is 29.0. The summed E-state index contributed by atoms with van der Waals surface area (Å²) in [5.74, 6) is -0.345. The van der Waals surface area contributed by atoms with Gasteiger partial charge in [0.15, 0.2) is 0 Å². The molecule has 0 radical (unpaired) electrons. The van der Waals surface area contributed by atoms with Gasteiger partial charge < -0.3 is 10.3 Å². The van der Waals surface area contributed by atoms with E-state index in [2.05, 4.69) is 26.7 Å². The highest BCUT2D eigenvalue weighted by Crippen LogP contribution is 2.19. The Balaban J connectivity index is 1.52. The number of hydrogen-bond donors (Lipinski definition) is 2. The first kappa shape index (κ1) is 18.9. The van der Waals surface area contributed by atoms with Gasteiger partial charge in [-0.3, -0.25) is 9.59 Å². The minimum absolute atomic E-state index is 0.115. The Bertz CT molecular complexity index is 1220. The second-order valence-corrected chi connectivity index (χ2v) is 7.45. The summed E-state index contributed by atoms with van der Waals surface area (Å²) in [6.07, 6.45) is 2.66. The monoisotopic (exact) mass is 389 g/mol. The van der Waals surface area contributed by atoms with Crippen LogP contribution in [0, 0.1) is 5.92 Å². The fourth-order valence-electron chi connectivity index (χ4n) is 3.64. The minimum Gasteiger partial charge on any atom is -0.361 e. The van der Waals surface area contributed by atoms with Crippen LogP contribution in [0.2, 0.25) is 0 Å². The molecule has 0 fully saturated rings. The van der Waals surface area contributed by atoms with Crippen molar-refractivity contribution in [3.8, 4) is 0 Å². The quantitative estimate of drug-likeness (QED) is 0.530. The van der Waals surface area contributed by atoms with Gasteiger partial charge in [0.1, 0.15) is 11.6 Å². The van der Waals surface area contributed by atoms with Gasteiger partial charge in [-0.1, -0.05) is 49.4 Å². The summed E-state index contributed by atoms with van der Waals surface area (Å²) < 4.78 is 1.20. The number of nitrogens with zero attached hydrogens (tertiary/aromatic N) is 3. The Kier molecular flexibility index (Phi) is 5.12. The van der Waals surface area contributed by atoms with Crippen molar-refractivity contribution in [3.05, 3.63) is 70.6 Å². The number of para-hydroxylation sites is 1. The van der Waals surface area contributed by atoms with Crippen LogP contribution in [0.3, 0.4) is 0 Å². The third-order valence-corrected chi connectivity index (χ3v) is 5.12. The first-order valence-electron chi connectivity index (χ1n) is 9.73. The number of amides is 1. The molecule has 0 spiro atoms. The van der Waals surface area contributed by atoms with Crippen LogP contribution >= 0.6 is 0 Å². The molecule has 0 aliphatic heterocycles. The molecule has 0 saturated carbocycles. The second kappa shape index (κ2) is 7.87. The molecule has 4 rings (SSSR count). The van der Waals surface area contributed by atoms with Crippen LogP contribution in [0.15, 0.2) is 59.5 Å². The zero-order chi connectivity index (χ0) is 20.4. The van der Waals surface area contributed by atoms with E-state index in [1.165, 1.54) is 4.68 Å². The summed E-state index contributed by atoms with van der Waals surface area (Å²) in [6.45, 7) is 4.26. The van der Waals surface area contributed by atoms with E-state index in [0.717, 1.165) is 16.5 Å². The van der Waals surface area contributed by atoms with Crippen molar-refractivity contribution in [2.24, 2.45) is 5.92 Å². The molecule has 4 aromatic rings. The molecule has 0 aliphatic rings. The van der Waals surface area contributed by atoms with Gasteiger partial charge in [-0.2, -0.15) is 4.68 Å². The van der Waals surface area contributed by atoms with Crippen LogP contribution in [0.25, 0.3) is 21.8 Å². The number of aromatic amines is 1. The number of carbonyl (C=O) groups is 1. The highest BCUT2D eigenvalue weighted by molar-refractivity contribution is 5.84. The molecule has 29 heavy (non-hydrogen) atoms. The van der Waals surface area contributed by atoms with Gasteiger partial charge in [0.2, 0.25) is 5.91 Å². The number of aromatic nitrogens is 4. The molecule has 0 bridgehead atoms. The van der Waals surface area contributed by atoms with E-state index < -0.39 is 6.04 Å². The Hall–Kier alpha value is -3.48. The topological polar surface area (TPSA) is 92.7 Å². The lowest BCUT2D eigenvalue weighted by Crippen LogP contribution is -2.42. The molecule has 0 aliphatic carbocycles. The number of hydrogen-bond acceptors (Lipinski definition) is 4. The fourth-order valence-corrected chi connectivity index (χ4v) is 3.64. The SMILES string of the molecule is CC(C)[C@H](C(=O)NCCc1c[nH]c2ccccc12)n1nnc2ccccc2c1=O. The van der Waals surface area contributed by atoms with Crippen molar-refractivity contribution in [1.82, 2.24) is 25.3 Å². The van der Waals surface area contributed by atoms with Gasteiger partial charge in [-0.25, -0.2) is 0 Å². The van der Waals surface area contributed by atoms with Crippen molar-refractivity contribution in [2.45, 2.75) is 26.3 Å². The number of benzene rings is 2. The van der Waals surface area contributed by atoms with E-state index in [4.69, 9.17) is 0 Å². The van der Waals surface area contributed by atoms with Gasteiger partial charge in [0.05, 0.1) is 5.39 Å².